The number of aromatic nitrogens is 2. The van der Waals surface area contributed by atoms with Gasteiger partial charge in [0.15, 0.2) is 0 Å². The Bertz CT molecular complexity index is 639. The van der Waals surface area contributed by atoms with Gasteiger partial charge in [-0.1, -0.05) is 6.92 Å². The van der Waals surface area contributed by atoms with Gasteiger partial charge in [-0.05, 0) is 26.7 Å². The molecule has 1 amide bonds. The summed E-state index contributed by atoms with van der Waals surface area (Å²) in [6.07, 6.45) is 2.23. The van der Waals surface area contributed by atoms with E-state index in [4.69, 9.17) is 4.74 Å². The monoisotopic (exact) mass is 347 g/mol. The number of nitrogens with zero attached hydrogens (tertiary/aromatic N) is 3. The maximum atomic E-state index is 11.9. The van der Waals surface area contributed by atoms with E-state index in [9.17, 15) is 4.79 Å². The van der Waals surface area contributed by atoms with Crippen molar-refractivity contribution in [2.24, 2.45) is 5.41 Å². The van der Waals surface area contributed by atoms with Crippen molar-refractivity contribution in [1.29, 1.82) is 0 Å². The first kappa shape index (κ1) is 18.1. The van der Waals surface area contributed by atoms with Gasteiger partial charge in [0, 0.05) is 49.4 Å². The van der Waals surface area contributed by atoms with Crippen LogP contribution >= 0.6 is 0 Å². The summed E-state index contributed by atoms with van der Waals surface area (Å²) in [4.78, 5) is 23.0. The first-order valence-corrected chi connectivity index (χ1v) is 9.11. The highest BCUT2D eigenvalue weighted by Crippen LogP contribution is 2.31. The lowest BCUT2D eigenvalue weighted by molar-refractivity contribution is -0.113. The summed E-state index contributed by atoms with van der Waals surface area (Å²) in [5.41, 5.74) is 2.23. The van der Waals surface area contributed by atoms with E-state index in [1.54, 1.807) is 7.05 Å². The Labute approximate surface area is 149 Å². The van der Waals surface area contributed by atoms with Crippen LogP contribution in [0.4, 0.5) is 5.82 Å². The number of nitrogens with one attached hydrogen (secondary N) is 2. The van der Waals surface area contributed by atoms with E-state index in [-0.39, 0.29) is 11.7 Å². The molecule has 0 radical (unpaired) electrons. The number of rotatable bonds is 6. The van der Waals surface area contributed by atoms with Crippen LogP contribution in [0.25, 0.3) is 0 Å². The predicted molar refractivity (Wildman–Crippen MR) is 97.1 cm³/mol. The normalized spacial score (nSPS) is 21.9. The van der Waals surface area contributed by atoms with Crippen molar-refractivity contribution < 1.29 is 9.53 Å². The predicted octanol–water partition coefficient (Wildman–Crippen LogP) is 1.05. The molecular formula is C18H29N5O2. The second kappa shape index (κ2) is 7.25. The van der Waals surface area contributed by atoms with E-state index in [2.05, 4.69) is 32.4 Å². The Morgan fingerprint density at radius 3 is 2.72 bits per heavy atom. The van der Waals surface area contributed by atoms with Gasteiger partial charge in [-0.2, -0.15) is 0 Å². The summed E-state index contributed by atoms with van der Waals surface area (Å²) in [5, 5.41) is 6.32. The molecule has 2 aliphatic rings. The van der Waals surface area contributed by atoms with Crippen molar-refractivity contribution >= 4 is 11.7 Å². The molecule has 1 aromatic rings. The molecule has 3 heterocycles. The maximum absolute atomic E-state index is 11.9. The molecule has 2 saturated heterocycles. The van der Waals surface area contributed by atoms with Crippen LogP contribution < -0.4 is 15.5 Å². The molecular weight excluding hydrogens is 318 g/mol. The highest BCUT2D eigenvalue weighted by Gasteiger charge is 2.37. The van der Waals surface area contributed by atoms with Crippen LogP contribution in [0.5, 0.6) is 0 Å². The molecule has 0 aromatic carbocycles. The fraction of sp³-hybridized carbons (Fsp3) is 0.722. The maximum Gasteiger partial charge on any atom is 0.288 e. The van der Waals surface area contributed by atoms with Crippen molar-refractivity contribution in [1.82, 2.24) is 20.6 Å². The Kier molecular flexibility index (Phi) is 5.24. The molecule has 1 aromatic heterocycles. The summed E-state index contributed by atoms with van der Waals surface area (Å²) >= 11 is 0. The number of carbonyl (C=O) groups excluding carboxylic acids is 1. The van der Waals surface area contributed by atoms with Crippen LogP contribution in [0.2, 0.25) is 0 Å². The largest absolute Gasteiger partial charge is 0.380 e. The van der Waals surface area contributed by atoms with E-state index in [1.807, 2.05) is 13.8 Å². The number of hydrogen-bond acceptors (Lipinski definition) is 6. The quantitative estimate of drug-likeness (QED) is 0.801. The molecule has 0 spiro atoms. The number of hydrogen-bond donors (Lipinski definition) is 2. The standard InChI is InChI=1S/C18H29N5O2/c1-5-18(10-25-11-18)9-20-14-6-7-23(8-14)16-12(2)13(3)21-15(22-16)17(24)19-4/h14,20H,5-11H2,1-4H3,(H,19,24)/t14-/m1/s1. The zero-order valence-corrected chi connectivity index (χ0v) is 15.7. The average molecular weight is 347 g/mol. The van der Waals surface area contributed by atoms with E-state index in [0.29, 0.717) is 11.5 Å². The van der Waals surface area contributed by atoms with Crippen molar-refractivity contribution in [3.8, 4) is 0 Å². The molecule has 3 rings (SSSR count). The third-order valence-electron chi connectivity index (χ3n) is 5.61. The van der Waals surface area contributed by atoms with Gasteiger partial charge in [-0.25, -0.2) is 9.97 Å². The Hall–Kier alpha value is -1.73. The first-order chi connectivity index (χ1) is 12.0. The fourth-order valence-corrected chi connectivity index (χ4v) is 3.44. The zero-order valence-electron chi connectivity index (χ0n) is 15.7. The Morgan fingerprint density at radius 2 is 2.12 bits per heavy atom. The average Bonchev–Trinajstić information content (AvgIpc) is 3.04. The van der Waals surface area contributed by atoms with Crippen LogP contribution in [0, 0.1) is 19.3 Å². The molecule has 2 N–H and O–H groups in total. The Morgan fingerprint density at radius 1 is 1.36 bits per heavy atom. The van der Waals surface area contributed by atoms with Crippen LogP contribution in [0.3, 0.4) is 0 Å². The number of aryl methyl sites for hydroxylation is 1. The second-order valence-corrected chi connectivity index (χ2v) is 7.32. The van der Waals surface area contributed by atoms with Crippen LogP contribution in [0.15, 0.2) is 0 Å². The van der Waals surface area contributed by atoms with Crippen molar-refractivity contribution in [3.05, 3.63) is 17.1 Å². The molecule has 2 aliphatic heterocycles. The zero-order chi connectivity index (χ0) is 18.0. The lowest BCUT2D eigenvalue weighted by Gasteiger charge is -2.41. The van der Waals surface area contributed by atoms with E-state index in [1.165, 1.54) is 0 Å². The van der Waals surface area contributed by atoms with Gasteiger partial charge >= 0.3 is 0 Å². The third kappa shape index (κ3) is 3.62. The minimum absolute atomic E-state index is 0.243. The first-order valence-electron chi connectivity index (χ1n) is 9.11. The fourth-order valence-electron chi connectivity index (χ4n) is 3.44. The summed E-state index contributed by atoms with van der Waals surface area (Å²) in [6.45, 7) is 10.8. The van der Waals surface area contributed by atoms with E-state index in [0.717, 1.165) is 62.8 Å². The summed E-state index contributed by atoms with van der Waals surface area (Å²) in [7, 11) is 1.60. The minimum atomic E-state index is -0.243. The molecule has 0 unspecified atom stereocenters. The van der Waals surface area contributed by atoms with Crippen LogP contribution in [-0.4, -0.2) is 61.8 Å². The molecule has 138 valence electrons. The molecule has 1 atom stereocenters. The molecule has 25 heavy (non-hydrogen) atoms. The van der Waals surface area contributed by atoms with Crippen molar-refractivity contribution in [2.75, 3.05) is 44.8 Å². The summed E-state index contributed by atoms with van der Waals surface area (Å²) in [5.74, 6) is 0.884. The third-order valence-corrected chi connectivity index (χ3v) is 5.61. The molecule has 0 aliphatic carbocycles. The van der Waals surface area contributed by atoms with Crippen molar-refractivity contribution in [3.63, 3.8) is 0 Å². The number of amides is 1. The van der Waals surface area contributed by atoms with Crippen LogP contribution in [-0.2, 0) is 4.74 Å². The lowest BCUT2D eigenvalue weighted by atomic mass is 9.83. The van der Waals surface area contributed by atoms with Crippen LogP contribution in [0.1, 0.15) is 41.6 Å². The smallest absolute Gasteiger partial charge is 0.288 e. The summed E-state index contributed by atoms with van der Waals surface area (Å²) in [6, 6.07) is 0.446. The van der Waals surface area contributed by atoms with Gasteiger partial charge in [0.1, 0.15) is 5.82 Å². The van der Waals surface area contributed by atoms with Gasteiger partial charge in [0.2, 0.25) is 5.82 Å². The topological polar surface area (TPSA) is 79.4 Å². The number of anilines is 1. The SMILES string of the molecule is CCC1(CN[C@@H]2CCN(c3nc(C(=O)NC)nc(C)c3C)C2)COC1. The van der Waals surface area contributed by atoms with Gasteiger partial charge in [0.05, 0.1) is 13.2 Å². The van der Waals surface area contributed by atoms with Gasteiger partial charge in [-0.15, -0.1) is 0 Å². The number of ether oxygens (including phenoxy) is 1. The Balaban J connectivity index is 1.67. The summed E-state index contributed by atoms with van der Waals surface area (Å²) < 4.78 is 5.40. The highest BCUT2D eigenvalue weighted by atomic mass is 16.5. The van der Waals surface area contributed by atoms with E-state index >= 15 is 0 Å². The highest BCUT2D eigenvalue weighted by molar-refractivity contribution is 5.90. The van der Waals surface area contributed by atoms with Crippen molar-refractivity contribution in [2.45, 2.75) is 39.7 Å². The molecule has 0 saturated carbocycles. The molecule has 2 fully saturated rings. The van der Waals surface area contributed by atoms with Gasteiger partial charge in [0.25, 0.3) is 5.91 Å². The number of carbonyl (C=O) groups is 1. The van der Waals surface area contributed by atoms with E-state index < -0.39 is 0 Å². The lowest BCUT2D eigenvalue weighted by Crippen LogP contribution is -2.51. The minimum Gasteiger partial charge on any atom is -0.380 e. The molecule has 7 heteroatoms. The second-order valence-electron chi connectivity index (χ2n) is 7.32. The van der Waals surface area contributed by atoms with Gasteiger partial charge < -0.3 is 20.3 Å². The van der Waals surface area contributed by atoms with Gasteiger partial charge in [-0.3, -0.25) is 4.79 Å². The molecule has 0 bridgehead atoms. The molecule has 7 nitrogen and oxygen atoms in total.